The first-order valence-electron chi connectivity index (χ1n) is 6.44. The second kappa shape index (κ2) is 7.10. The highest BCUT2D eigenvalue weighted by atomic mass is 16.2. The summed E-state index contributed by atoms with van der Waals surface area (Å²) in [4.78, 5) is 35.9. The molecule has 1 heterocycles. The van der Waals surface area contributed by atoms with Gasteiger partial charge in [-0.05, 0) is 13.3 Å². The smallest absolute Gasteiger partial charge is 0.246 e. The van der Waals surface area contributed by atoms with Crippen molar-refractivity contribution in [2.24, 2.45) is 0 Å². The second-order valence-electron chi connectivity index (χ2n) is 4.30. The molecule has 1 fully saturated rings. The van der Waals surface area contributed by atoms with Gasteiger partial charge in [0.25, 0.3) is 0 Å². The normalized spacial score (nSPS) is 19.4. The minimum atomic E-state index is -0.460. The Bertz CT molecular complexity index is 331. The van der Waals surface area contributed by atoms with E-state index in [1.54, 1.807) is 0 Å². The van der Waals surface area contributed by atoms with Crippen molar-refractivity contribution in [3.63, 3.8) is 0 Å². The molecule has 18 heavy (non-hydrogen) atoms. The van der Waals surface area contributed by atoms with Crippen LogP contribution in [0.1, 0.15) is 33.1 Å². The van der Waals surface area contributed by atoms with Crippen LogP contribution in [0.3, 0.4) is 0 Å². The van der Waals surface area contributed by atoms with Gasteiger partial charge in [0.2, 0.25) is 17.7 Å². The van der Waals surface area contributed by atoms with E-state index in [1.165, 1.54) is 4.90 Å². The summed E-state index contributed by atoms with van der Waals surface area (Å²) in [6.07, 6.45) is 1.29. The van der Waals surface area contributed by atoms with Crippen molar-refractivity contribution < 1.29 is 14.4 Å². The van der Waals surface area contributed by atoms with Gasteiger partial charge in [0.15, 0.2) is 0 Å². The molecule has 102 valence electrons. The molecule has 0 saturated carbocycles. The largest absolute Gasteiger partial charge is 0.356 e. The van der Waals surface area contributed by atoms with Gasteiger partial charge in [0.1, 0.15) is 0 Å². The molecule has 0 bridgehead atoms. The van der Waals surface area contributed by atoms with Crippen molar-refractivity contribution >= 4 is 17.7 Å². The SMILES string of the molecule is CCCN1C(=O)CC(NCCC(=O)NCC)C1=O. The number of nitrogens with zero attached hydrogens (tertiary/aromatic N) is 1. The van der Waals surface area contributed by atoms with Gasteiger partial charge in [0, 0.05) is 26.1 Å². The van der Waals surface area contributed by atoms with Gasteiger partial charge in [-0.25, -0.2) is 0 Å². The van der Waals surface area contributed by atoms with Crippen LogP contribution in [0.5, 0.6) is 0 Å². The maximum absolute atomic E-state index is 11.8. The molecule has 1 saturated heterocycles. The third-order valence-corrected chi connectivity index (χ3v) is 2.81. The number of imide groups is 1. The van der Waals surface area contributed by atoms with E-state index >= 15 is 0 Å². The van der Waals surface area contributed by atoms with Crippen molar-refractivity contribution in [3.05, 3.63) is 0 Å². The zero-order valence-electron chi connectivity index (χ0n) is 11.0. The zero-order valence-corrected chi connectivity index (χ0v) is 11.0. The van der Waals surface area contributed by atoms with E-state index in [4.69, 9.17) is 0 Å². The van der Waals surface area contributed by atoms with E-state index in [2.05, 4.69) is 10.6 Å². The van der Waals surface area contributed by atoms with Crippen LogP contribution in [0, 0.1) is 0 Å². The van der Waals surface area contributed by atoms with Gasteiger partial charge in [-0.2, -0.15) is 0 Å². The summed E-state index contributed by atoms with van der Waals surface area (Å²) in [5, 5.41) is 5.65. The van der Waals surface area contributed by atoms with E-state index in [-0.39, 0.29) is 24.1 Å². The lowest BCUT2D eigenvalue weighted by molar-refractivity contribution is -0.139. The summed E-state index contributed by atoms with van der Waals surface area (Å²) in [6, 6.07) is -0.460. The number of hydrogen-bond donors (Lipinski definition) is 2. The summed E-state index contributed by atoms with van der Waals surface area (Å²) in [7, 11) is 0. The number of rotatable bonds is 7. The fourth-order valence-corrected chi connectivity index (χ4v) is 1.95. The molecule has 3 amide bonds. The standard InChI is InChI=1S/C12H21N3O3/c1-3-7-15-11(17)8-9(12(15)18)14-6-5-10(16)13-4-2/h9,14H,3-8H2,1-2H3,(H,13,16). The first-order valence-corrected chi connectivity index (χ1v) is 6.44. The van der Waals surface area contributed by atoms with Gasteiger partial charge in [0.05, 0.1) is 12.5 Å². The fraction of sp³-hybridized carbons (Fsp3) is 0.750. The highest BCUT2D eigenvalue weighted by Crippen LogP contribution is 2.13. The Balaban J connectivity index is 2.34. The molecule has 1 rings (SSSR count). The van der Waals surface area contributed by atoms with Crippen LogP contribution in [0.25, 0.3) is 0 Å². The molecule has 0 aliphatic carbocycles. The number of amides is 3. The third kappa shape index (κ3) is 3.80. The summed E-state index contributed by atoms with van der Waals surface area (Å²) in [5.41, 5.74) is 0. The van der Waals surface area contributed by atoms with Crippen LogP contribution in [0.15, 0.2) is 0 Å². The Morgan fingerprint density at radius 1 is 1.39 bits per heavy atom. The van der Waals surface area contributed by atoms with Crippen molar-refractivity contribution in [3.8, 4) is 0 Å². The number of carbonyl (C=O) groups is 3. The maximum Gasteiger partial charge on any atom is 0.246 e. The number of nitrogens with one attached hydrogen (secondary N) is 2. The molecular weight excluding hydrogens is 234 g/mol. The van der Waals surface area contributed by atoms with Crippen molar-refractivity contribution in [2.45, 2.75) is 39.2 Å². The maximum atomic E-state index is 11.8. The summed E-state index contributed by atoms with van der Waals surface area (Å²) < 4.78 is 0. The van der Waals surface area contributed by atoms with E-state index in [9.17, 15) is 14.4 Å². The Kier molecular flexibility index (Phi) is 5.77. The van der Waals surface area contributed by atoms with Crippen LogP contribution in [0.2, 0.25) is 0 Å². The molecule has 1 aliphatic rings. The molecular formula is C12H21N3O3. The van der Waals surface area contributed by atoms with Crippen LogP contribution >= 0.6 is 0 Å². The lowest BCUT2D eigenvalue weighted by Crippen LogP contribution is -2.40. The summed E-state index contributed by atoms with van der Waals surface area (Å²) >= 11 is 0. The van der Waals surface area contributed by atoms with E-state index < -0.39 is 6.04 Å². The lowest BCUT2D eigenvalue weighted by atomic mass is 10.2. The average Bonchev–Trinajstić information content (AvgIpc) is 2.58. The molecule has 0 radical (unpaired) electrons. The van der Waals surface area contributed by atoms with Gasteiger partial charge in [-0.15, -0.1) is 0 Å². The van der Waals surface area contributed by atoms with Crippen molar-refractivity contribution in [2.75, 3.05) is 19.6 Å². The topological polar surface area (TPSA) is 78.5 Å². The molecule has 0 spiro atoms. The van der Waals surface area contributed by atoms with Gasteiger partial charge < -0.3 is 10.6 Å². The predicted octanol–water partition coefficient (Wildman–Crippen LogP) is -0.360. The van der Waals surface area contributed by atoms with E-state index in [0.29, 0.717) is 26.1 Å². The Hall–Kier alpha value is -1.43. The second-order valence-corrected chi connectivity index (χ2v) is 4.30. The monoisotopic (exact) mass is 255 g/mol. The van der Waals surface area contributed by atoms with Gasteiger partial charge in [-0.1, -0.05) is 6.92 Å². The molecule has 2 N–H and O–H groups in total. The van der Waals surface area contributed by atoms with Crippen LogP contribution < -0.4 is 10.6 Å². The molecule has 0 aromatic rings. The van der Waals surface area contributed by atoms with Crippen molar-refractivity contribution in [1.29, 1.82) is 0 Å². The minimum absolute atomic E-state index is 0.0489. The zero-order chi connectivity index (χ0) is 13.5. The molecule has 0 aromatic heterocycles. The lowest BCUT2D eigenvalue weighted by Gasteiger charge is -2.14. The molecule has 6 heteroatoms. The van der Waals surface area contributed by atoms with E-state index in [0.717, 1.165) is 6.42 Å². The quantitative estimate of drug-likeness (QED) is 0.609. The number of hydrogen-bond acceptors (Lipinski definition) is 4. The molecule has 1 aliphatic heterocycles. The summed E-state index contributed by atoms with van der Waals surface area (Å²) in [5.74, 6) is -0.345. The molecule has 1 atom stereocenters. The number of carbonyl (C=O) groups excluding carboxylic acids is 3. The van der Waals surface area contributed by atoms with E-state index in [1.807, 2.05) is 13.8 Å². The van der Waals surface area contributed by atoms with Crippen LogP contribution in [-0.2, 0) is 14.4 Å². The molecule has 6 nitrogen and oxygen atoms in total. The molecule has 1 unspecified atom stereocenters. The first kappa shape index (κ1) is 14.6. The number of likely N-dealkylation sites (tertiary alicyclic amines) is 1. The van der Waals surface area contributed by atoms with Crippen LogP contribution in [0.4, 0.5) is 0 Å². The van der Waals surface area contributed by atoms with Crippen LogP contribution in [-0.4, -0.2) is 48.3 Å². The minimum Gasteiger partial charge on any atom is -0.356 e. The van der Waals surface area contributed by atoms with Gasteiger partial charge >= 0.3 is 0 Å². The Labute approximate surface area is 107 Å². The third-order valence-electron chi connectivity index (χ3n) is 2.81. The highest BCUT2D eigenvalue weighted by molar-refractivity contribution is 6.05. The summed E-state index contributed by atoms with van der Waals surface area (Å²) in [6.45, 7) is 5.27. The fourth-order valence-electron chi connectivity index (χ4n) is 1.95. The Morgan fingerprint density at radius 2 is 2.11 bits per heavy atom. The van der Waals surface area contributed by atoms with Gasteiger partial charge in [-0.3, -0.25) is 19.3 Å². The highest BCUT2D eigenvalue weighted by Gasteiger charge is 2.37. The molecule has 0 aromatic carbocycles. The average molecular weight is 255 g/mol. The predicted molar refractivity (Wildman–Crippen MR) is 66.7 cm³/mol. The first-order chi connectivity index (χ1) is 8.60. The van der Waals surface area contributed by atoms with Crippen molar-refractivity contribution in [1.82, 2.24) is 15.5 Å². The Morgan fingerprint density at radius 3 is 2.72 bits per heavy atom.